The summed E-state index contributed by atoms with van der Waals surface area (Å²) in [5, 5.41) is 2.96. The monoisotopic (exact) mass is 375 g/mol. The topological polar surface area (TPSA) is 59.1 Å². The van der Waals surface area contributed by atoms with Gasteiger partial charge in [-0.05, 0) is 38.1 Å². The third kappa shape index (κ3) is 6.52. The van der Waals surface area contributed by atoms with Crippen molar-refractivity contribution in [3.05, 3.63) is 24.3 Å². The molecule has 1 heterocycles. The molecule has 150 valence electrons. The van der Waals surface area contributed by atoms with Crippen molar-refractivity contribution in [1.82, 2.24) is 14.7 Å². The molecule has 1 saturated heterocycles. The Morgan fingerprint density at radius 1 is 0.926 bits per heavy atom. The fraction of sp³-hybridized carbons (Fsp3) is 0.600. The van der Waals surface area contributed by atoms with Gasteiger partial charge in [0.15, 0.2) is 0 Å². The molecule has 1 aromatic carbocycles. The van der Waals surface area contributed by atoms with Gasteiger partial charge in [-0.15, -0.1) is 0 Å². The molecule has 0 spiro atoms. The number of anilines is 2. The van der Waals surface area contributed by atoms with Crippen molar-refractivity contribution in [3.63, 3.8) is 0 Å². The first kappa shape index (κ1) is 21.2. The van der Waals surface area contributed by atoms with Gasteiger partial charge in [0, 0.05) is 64.7 Å². The quantitative estimate of drug-likeness (QED) is 0.739. The summed E-state index contributed by atoms with van der Waals surface area (Å²) >= 11 is 0. The van der Waals surface area contributed by atoms with Crippen molar-refractivity contribution >= 4 is 23.2 Å². The Morgan fingerprint density at radius 2 is 1.44 bits per heavy atom. The van der Waals surface area contributed by atoms with Crippen LogP contribution in [0.15, 0.2) is 24.3 Å². The molecule has 1 N–H and O–H groups in total. The molecule has 1 aliphatic heterocycles. The molecule has 0 saturated carbocycles. The number of nitrogens with one attached hydrogen (secondary N) is 1. The molecule has 2 rings (SSSR count). The standard InChI is InChI=1S/C20H33N5O2/c1-5-25(6-2)20(27)16-24-13-11-23(12-14-24)15-19(26)21-17-7-9-18(10-8-17)22(3)4/h7-10H,5-6,11-16H2,1-4H3,(H,21,26). The average molecular weight is 376 g/mol. The summed E-state index contributed by atoms with van der Waals surface area (Å²) in [6.07, 6.45) is 0. The summed E-state index contributed by atoms with van der Waals surface area (Å²) in [6, 6.07) is 7.82. The molecule has 0 unspecified atom stereocenters. The summed E-state index contributed by atoms with van der Waals surface area (Å²) in [6.45, 7) is 9.62. The number of likely N-dealkylation sites (N-methyl/N-ethyl adjacent to an activating group) is 1. The SMILES string of the molecule is CCN(CC)C(=O)CN1CCN(CC(=O)Nc2ccc(N(C)C)cc2)CC1. The summed E-state index contributed by atoms with van der Waals surface area (Å²) in [5.41, 5.74) is 1.91. The zero-order valence-electron chi connectivity index (χ0n) is 17.1. The van der Waals surface area contributed by atoms with Crippen molar-refractivity contribution in [2.45, 2.75) is 13.8 Å². The Morgan fingerprint density at radius 3 is 1.93 bits per heavy atom. The van der Waals surface area contributed by atoms with Gasteiger partial charge in [-0.25, -0.2) is 0 Å². The summed E-state index contributed by atoms with van der Waals surface area (Å²) in [7, 11) is 3.98. The first-order valence-electron chi connectivity index (χ1n) is 9.72. The van der Waals surface area contributed by atoms with E-state index in [2.05, 4.69) is 15.1 Å². The van der Waals surface area contributed by atoms with Crippen molar-refractivity contribution in [2.75, 3.05) is 76.7 Å². The molecule has 0 aromatic heterocycles. The molecular weight excluding hydrogens is 342 g/mol. The van der Waals surface area contributed by atoms with Gasteiger partial charge in [-0.2, -0.15) is 0 Å². The van der Waals surface area contributed by atoms with Crippen molar-refractivity contribution in [2.24, 2.45) is 0 Å². The molecule has 0 bridgehead atoms. The van der Waals surface area contributed by atoms with Crippen LogP contribution < -0.4 is 10.2 Å². The summed E-state index contributed by atoms with van der Waals surface area (Å²) in [5.74, 6) is 0.188. The van der Waals surface area contributed by atoms with Crippen LogP contribution in [0.4, 0.5) is 11.4 Å². The molecule has 0 atom stereocenters. The number of amides is 2. The minimum absolute atomic E-state index is 0.000251. The number of rotatable bonds is 8. The smallest absolute Gasteiger partial charge is 0.238 e. The maximum atomic E-state index is 12.3. The van der Waals surface area contributed by atoms with Crippen LogP contribution in [0.25, 0.3) is 0 Å². The van der Waals surface area contributed by atoms with Crippen LogP contribution in [0.2, 0.25) is 0 Å². The molecule has 27 heavy (non-hydrogen) atoms. The summed E-state index contributed by atoms with van der Waals surface area (Å²) < 4.78 is 0. The second-order valence-electron chi connectivity index (χ2n) is 7.11. The lowest BCUT2D eigenvalue weighted by atomic mass is 10.2. The van der Waals surface area contributed by atoms with Crippen LogP contribution in [0.5, 0.6) is 0 Å². The third-order valence-electron chi connectivity index (χ3n) is 4.97. The van der Waals surface area contributed by atoms with Crippen LogP contribution in [0.3, 0.4) is 0 Å². The van der Waals surface area contributed by atoms with Crippen molar-refractivity contribution < 1.29 is 9.59 Å². The van der Waals surface area contributed by atoms with Crippen molar-refractivity contribution in [1.29, 1.82) is 0 Å². The van der Waals surface area contributed by atoms with Gasteiger partial charge in [0.2, 0.25) is 11.8 Å². The van der Waals surface area contributed by atoms with E-state index in [1.807, 2.05) is 62.0 Å². The van der Waals surface area contributed by atoms with Crippen LogP contribution in [0.1, 0.15) is 13.8 Å². The van der Waals surface area contributed by atoms with Gasteiger partial charge < -0.3 is 15.1 Å². The number of hydrogen-bond acceptors (Lipinski definition) is 5. The first-order chi connectivity index (χ1) is 12.9. The largest absolute Gasteiger partial charge is 0.378 e. The predicted octanol–water partition coefficient (Wildman–Crippen LogP) is 1.18. The minimum Gasteiger partial charge on any atom is -0.378 e. The highest BCUT2D eigenvalue weighted by Gasteiger charge is 2.22. The highest BCUT2D eigenvalue weighted by molar-refractivity contribution is 5.92. The maximum absolute atomic E-state index is 12.3. The number of benzene rings is 1. The van der Waals surface area contributed by atoms with E-state index < -0.39 is 0 Å². The van der Waals surface area contributed by atoms with Crippen LogP contribution in [-0.4, -0.2) is 93.0 Å². The predicted molar refractivity (Wildman–Crippen MR) is 110 cm³/mol. The first-order valence-corrected chi connectivity index (χ1v) is 9.72. The molecular formula is C20H33N5O2. The Bertz CT molecular complexity index is 605. The second-order valence-corrected chi connectivity index (χ2v) is 7.11. The fourth-order valence-electron chi connectivity index (χ4n) is 3.22. The number of hydrogen-bond donors (Lipinski definition) is 1. The molecule has 7 nitrogen and oxygen atoms in total. The fourth-order valence-corrected chi connectivity index (χ4v) is 3.22. The number of piperazine rings is 1. The van der Waals surface area contributed by atoms with Gasteiger partial charge in [0.05, 0.1) is 13.1 Å². The van der Waals surface area contributed by atoms with Gasteiger partial charge in [-0.1, -0.05) is 0 Å². The molecule has 0 radical (unpaired) electrons. The minimum atomic E-state index is 0.000251. The summed E-state index contributed by atoms with van der Waals surface area (Å²) in [4.78, 5) is 32.7. The van der Waals surface area contributed by atoms with Crippen LogP contribution >= 0.6 is 0 Å². The van der Waals surface area contributed by atoms with E-state index in [0.29, 0.717) is 13.1 Å². The molecule has 1 aromatic rings. The Balaban J connectivity index is 1.73. The molecule has 7 heteroatoms. The Labute approximate surface area is 162 Å². The molecule has 2 amide bonds. The Kier molecular flexibility index (Phi) is 8.06. The maximum Gasteiger partial charge on any atom is 0.238 e. The normalized spacial score (nSPS) is 15.4. The van der Waals surface area contributed by atoms with E-state index in [-0.39, 0.29) is 11.8 Å². The second kappa shape index (κ2) is 10.3. The molecule has 1 fully saturated rings. The number of carbonyl (C=O) groups is 2. The van der Waals surface area contributed by atoms with E-state index in [9.17, 15) is 9.59 Å². The lowest BCUT2D eigenvalue weighted by molar-refractivity contribution is -0.132. The molecule has 1 aliphatic rings. The van der Waals surface area contributed by atoms with Gasteiger partial charge >= 0.3 is 0 Å². The van der Waals surface area contributed by atoms with Crippen molar-refractivity contribution in [3.8, 4) is 0 Å². The molecule has 0 aliphatic carbocycles. The highest BCUT2D eigenvalue weighted by Crippen LogP contribution is 2.15. The highest BCUT2D eigenvalue weighted by atomic mass is 16.2. The lowest BCUT2D eigenvalue weighted by Gasteiger charge is -2.34. The number of nitrogens with zero attached hydrogens (tertiary/aromatic N) is 4. The van der Waals surface area contributed by atoms with E-state index >= 15 is 0 Å². The van der Waals surface area contributed by atoms with Gasteiger partial charge in [-0.3, -0.25) is 19.4 Å². The number of carbonyl (C=O) groups excluding carboxylic acids is 2. The van der Waals surface area contributed by atoms with E-state index in [1.54, 1.807) is 0 Å². The van der Waals surface area contributed by atoms with Crippen LogP contribution in [0, 0.1) is 0 Å². The van der Waals surface area contributed by atoms with Gasteiger partial charge in [0.25, 0.3) is 0 Å². The van der Waals surface area contributed by atoms with Gasteiger partial charge in [0.1, 0.15) is 0 Å². The van der Waals surface area contributed by atoms with E-state index in [4.69, 9.17) is 0 Å². The third-order valence-corrected chi connectivity index (χ3v) is 4.97. The average Bonchev–Trinajstić information content (AvgIpc) is 2.64. The Hall–Kier alpha value is -2.12. The van der Waals surface area contributed by atoms with E-state index in [0.717, 1.165) is 50.6 Å². The van der Waals surface area contributed by atoms with Crippen LogP contribution in [-0.2, 0) is 9.59 Å². The zero-order chi connectivity index (χ0) is 19.8. The van der Waals surface area contributed by atoms with E-state index in [1.165, 1.54) is 0 Å². The zero-order valence-corrected chi connectivity index (χ0v) is 17.1. The lowest BCUT2D eigenvalue weighted by Crippen LogP contribution is -2.51.